The zero-order valence-electron chi connectivity index (χ0n) is 30.1. The maximum Gasteiger partial charge on any atom is 0.220 e. The predicted octanol–water partition coefficient (Wildman–Crippen LogP) is 8.14. The number of carbonyl (C=O) groups is 1. The molecule has 0 spiro atoms. The van der Waals surface area contributed by atoms with Gasteiger partial charge in [0.05, 0.1) is 22.2 Å². The van der Waals surface area contributed by atoms with Gasteiger partial charge in [-0.15, -0.1) is 0 Å². The molecular weight excluding hydrogens is 728 g/mol. The topological polar surface area (TPSA) is 109 Å². The minimum Gasteiger partial charge on any atom is -0.492 e. The Hall–Kier alpha value is -4.40. The van der Waals surface area contributed by atoms with Crippen molar-refractivity contribution in [1.29, 1.82) is 5.26 Å². The lowest BCUT2D eigenvalue weighted by molar-refractivity contribution is -0.122. The lowest BCUT2D eigenvalue weighted by Gasteiger charge is -2.28. The number of fused-ring (bicyclic) bond motifs is 1. The molecule has 0 unspecified atom stereocenters. The molecule has 1 aromatic heterocycles. The van der Waals surface area contributed by atoms with Crippen LogP contribution in [-0.2, 0) is 24.4 Å². The van der Waals surface area contributed by atoms with E-state index in [2.05, 4.69) is 38.7 Å². The molecule has 3 aliphatic rings. The Morgan fingerprint density at radius 1 is 0.963 bits per heavy atom. The van der Waals surface area contributed by atoms with Gasteiger partial charge >= 0.3 is 0 Å². The molecule has 0 saturated carbocycles. The number of nitrogens with one attached hydrogen (secondary N) is 2. The highest BCUT2D eigenvalue weighted by atomic mass is 35.5. The Morgan fingerprint density at radius 3 is 2.61 bits per heavy atom. The van der Waals surface area contributed by atoms with Crippen molar-refractivity contribution in [2.75, 3.05) is 32.8 Å². The van der Waals surface area contributed by atoms with Crippen LogP contribution in [0.3, 0.4) is 0 Å². The molecule has 0 bridgehead atoms. The van der Waals surface area contributed by atoms with Crippen LogP contribution in [0.4, 0.5) is 4.39 Å². The number of pyridine rings is 1. The second kappa shape index (κ2) is 17.8. The quantitative estimate of drug-likeness (QED) is 0.124. The van der Waals surface area contributed by atoms with E-state index in [1.165, 1.54) is 11.8 Å². The van der Waals surface area contributed by atoms with Crippen LogP contribution < -0.4 is 24.8 Å². The largest absolute Gasteiger partial charge is 0.492 e. The highest BCUT2D eigenvalue weighted by Gasteiger charge is 2.29. The molecular formula is C42H44Cl2FN5O4. The Kier molecular flexibility index (Phi) is 12.5. The van der Waals surface area contributed by atoms with Gasteiger partial charge in [-0.3, -0.25) is 9.78 Å². The summed E-state index contributed by atoms with van der Waals surface area (Å²) in [4.78, 5) is 18.1. The number of aromatic nitrogens is 1. The summed E-state index contributed by atoms with van der Waals surface area (Å²) in [5.41, 5.74) is 6.29. The number of rotatable bonds is 14. The number of ether oxygens (including phenoxy) is 3. The van der Waals surface area contributed by atoms with Crippen molar-refractivity contribution >= 4 is 29.1 Å². The summed E-state index contributed by atoms with van der Waals surface area (Å²) in [6.45, 7) is 4.25. The van der Waals surface area contributed by atoms with Crippen LogP contribution >= 0.6 is 23.2 Å². The monoisotopic (exact) mass is 771 g/mol. The summed E-state index contributed by atoms with van der Waals surface area (Å²) >= 11 is 13.9. The van der Waals surface area contributed by atoms with E-state index in [0.29, 0.717) is 71.8 Å². The predicted molar refractivity (Wildman–Crippen MR) is 207 cm³/mol. The number of nitrogens with zero attached hydrogens (tertiary/aromatic N) is 3. The molecule has 2 fully saturated rings. The summed E-state index contributed by atoms with van der Waals surface area (Å²) in [5.74, 6) is 1.83. The molecule has 1 aliphatic carbocycles. The SMILES string of the molecule is N#Cc1cncc(COc2cc(O[C@H]3CCc4c(-c5cccc(OCCCN6CCC(F)CC6)c5Cl)cccc43)c(Cl)cc2CN[C@@H]2CCC(=O)NC2)c1. The zero-order valence-corrected chi connectivity index (χ0v) is 31.6. The van der Waals surface area contributed by atoms with Crippen LogP contribution in [-0.4, -0.2) is 60.8 Å². The van der Waals surface area contributed by atoms with E-state index in [1.807, 2.05) is 36.4 Å². The maximum atomic E-state index is 13.5. The molecule has 2 saturated heterocycles. The van der Waals surface area contributed by atoms with Gasteiger partial charge in [0, 0.05) is 80.3 Å². The van der Waals surface area contributed by atoms with Gasteiger partial charge in [0.1, 0.15) is 42.2 Å². The Labute approximate surface area is 325 Å². The summed E-state index contributed by atoms with van der Waals surface area (Å²) in [6, 6.07) is 19.8. The van der Waals surface area contributed by atoms with E-state index in [4.69, 9.17) is 37.4 Å². The number of alkyl halides is 1. The van der Waals surface area contributed by atoms with Crippen molar-refractivity contribution in [3.63, 3.8) is 0 Å². The zero-order chi connectivity index (χ0) is 37.4. The van der Waals surface area contributed by atoms with Gasteiger partial charge in [0.25, 0.3) is 0 Å². The number of hydrogen-bond donors (Lipinski definition) is 2. The minimum atomic E-state index is -0.672. The maximum absolute atomic E-state index is 13.5. The fraction of sp³-hybridized carbons (Fsp3) is 0.405. The van der Waals surface area contributed by atoms with Gasteiger partial charge in [0.15, 0.2) is 0 Å². The molecule has 3 heterocycles. The number of hydrogen-bond acceptors (Lipinski definition) is 8. The molecule has 1 amide bonds. The van der Waals surface area contributed by atoms with E-state index in [-0.39, 0.29) is 24.7 Å². The van der Waals surface area contributed by atoms with Crippen molar-refractivity contribution in [1.82, 2.24) is 20.5 Å². The molecule has 9 nitrogen and oxygen atoms in total. The Balaban J connectivity index is 1.06. The first-order valence-corrected chi connectivity index (χ1v) is 19.5. The summed E-state index contributed by atoms with van der Waals surface area (Å²) in [5, 5.41) is 16.8. The van der Waals surface area contributed by atoms with Crippen molar-refractivity contribution in [3.05, 3.63) is 105 Å². The van der Waals surface area contributed by atoms with Crippen LogP contribution in [0.25, 0.3) is 11.1 Å². The smallest absolute Gasteiger partial charge is 0.220 e. The molecule has 4 aromatic rings. The third-order valence-electron chi connectivity index (χ3n) is 10.4. The molecule has 282 valence electrons. The van der Waals surface area contributed by atoms with Gasteiger partial charge < -0.3 is 29.7 Å². The number of halogens is 3. The minimum absolute atomic E-state index is 0.0656. The summed E-state index contributed by atoms with van der Waals surface area (Å²) in [7, 11) is 0. The summed E-state index contributed by atoms with van der Waals surface area (Å²) in [6.07, 6.45) is 7.14. The van der Waals surface area contributed by atoms with Gasteiger partial charge in [-0.1, -0.05) is 53.5 Å². The highest BCUT2D eigenvalue weighted by Crippen LogP contribution is 2.45. The number of piperidine rings is 2. The molecule has 3 aromatic carbocycles. The lowest BCUT2D eigenvalue weighted by atomic mass is 9.96. The van der Waals surface area contributed by atoms with Gasteiger partial charge in [0.2, 0.25) is 5.91 Å². The number of likely N-dealkylation sites (tertiary alicyclic amines) is 1. The van der Waals surface area contributed by atoms with Crippen LogP contribution in [0, 0.1) is 11.3 Å². The molecule has 54 heavy (non-hydrogen) atoms. The first-order valence-electron chi connectivity index (χ1n) is 18.7. The summed E-state index contributed by atoms with van der Waals surface area (Å²) < 4.78 is 32.7. The number of nitriles is 1. The van der Waals surface area contributed by atoms with Crippen LogP contribution in [0.5, 0.6) is 17.2 Å². The lowest BCUT2D eigenvalue weighted by Crippen LogP contribution is -2.45. The van der Waals surface area contributed by atoms with Crippen molar-refractivity contribution in [2.45, 2.75) is 76.4 Å². The second-order valence-corrected chi connectivity index (χ2v) is 14.9. The van der Waals surface area contributed by atoms with Crippen molar-refractivity contribution < 1.29 is 23.4 Å². The molecule has 2 aliphatic heterocycles. The van der Waals surface area contributed by atoms with E-state index < -0.39 is 6.17 Å². The fourth-order valence-electron chi connectivity index (χ4n) is 7.46. The Morgan fingerprint density at radius 2 is 1.80 bits per heavy atom. The molecule has 12 heteroatoms. The van der Waals surface area contributed by atoms with E-state index in [0.717, 1.165) is 73.1 Å². The average molecular weight is 773 g/mol. The van der Waals surface area contributed by atoms with E-state index in [1.54, 1.807) is 12.3 Å². The Bertz CT molecular complexity index is 1990. The first kappa shape index (κ1) is 37.9. The third kappa shape index (κ3) is 9.27. The normalized spacial score (nSPS) is 18.8. The third-order valence-corrected chi connectivity index (χ3v) is 11.1. The van der Waals surface area contributed by atoms with Crippen LogP contribution in [0.2, 0.25) is 10.0 Å². The number of amides is 1. The molecule has 2 atom stereocenters. The van der Waals surface area contributed by atoms with Gasteiger partial charge in [-0.2, -0.15) is 5.26 Å². The molecule has 7 rings (SSSR count). The van der Waals surface area contributed by atoms with E-state index in [9.17, 15) is 14.4 Å². The van der Waals surface area contributed by atoms with Crippen molar-refractivity contribution in [3.8, 4) is 34.4 Å². The van der Waals surface area contributed by atoms with Crippen LogP contribution in [0.1, 0.15) is 72.4 Å². The second-order valence-electron chi connectivity index (χ2n) is 14.1. The first-order chi connectivity index (χ1) is 26.3. The van der Waals surface area contributed by atoms with Gasteiger partial charge in [-0.25, -0.2) is 4.39 Å². The average Bonchev–Trinajstić information content (AvgIpc) is 3.60. The van der Waals surface area contributed by atoms with Crippen LogP contribution in [0.15, 0.2) is 67.0 Å². The number of carbonyl (C=O) groups excluding carboxylic acids is 1. The standard InChI is InChI=1S/C42H44Cl2FN5O4/c43-36-19-29(24-48-31-8-11-41(51)49-25-31)39(53-26-28-18-27(21-46)22-47-23-28)20-40(36)54-37-10-9-33-32(4-1-5-34(33)37)35-6-2-7-38(42(35)44)52-17-3-14-50-15-12-30(45)13-16-50/h1-2,4-7,18-20,22-23,30-31,37,48H,3,8-17,24-26H2,(H,49,51)/t31-,37+/m1/s1. The fourth-order valence-corrected chi connectivity index (χ4v) is 7.97. The number of benzene rings is 3. The van der Waals surface area contributed by atoms with Gasteiger partial charge in [-0.05, 0) is 73.4 Å². The molecule has 2 N–H and O–H groups in total. The van der Waals surface area contributed by atoms with Crippen molar-refractivity contribution in [2.24, 2.45) is 0 Å². The van der Waals surface area contributed by atoms with E-state index >= 15 is 0 Å². The molecule has 0 radical (unpaired) electrons. The highest BCUT2D eigenvalue weighted by molar-refractivity contribution is 6.35.